The first-order chi connectivity index (χ1) is 14.0. The summed E-state index contributed by atoms with van der Waals surface area (Å²) in [6.45, 7) is 5.18. The fourth-order valence-electron chi connectivity index (χ4n) is 2.94. The minimum absolute atomic E-state index is 0.0778. The van der Waals surface area contributed by atoms with Crippen molar-refractivity contribution < 1.29 is 19.0 Å². The van der Waals surface area contributed by atoms with Crippen LogP contribution in [0.5, 0.6) is 11.5 Å². The van der Waals surface area contributed by atoms with Crippen LogP contribution in [0.2, 0.25) is 0 Å². The largest absolute Gasteiger partial charge is 0.491 e. The maximum atomic E-state index is 12.4. The molecule has 154 valence electrons. The standard InChI is InChI=1S/C22H26N2O4S/c1-15(2)28-17-11-9-16(10-12-17)21(25)24-22(29)23-19-7-3-4-8-20(19)27-14-18-6-5-13-26-18/h3-4,7-12,15,18H,5-6,13-14H2,1-2H3,(H2,23,24,25,29). The summed E-state index contributed by atoms with van der Waals surface area (Å²) in [6, 6.07) is 14.4. The molecule has 0 bridgehead atoms. The van der Waals surface area contributed by atoms with Gasteiger partial charge in [-0.2, -0.15) is 0 Å². The zero-order valence-corrected chi connectivity index (χ0v) is 17.5. The lowest BCUT2D eigenvalue weighted by atomic mass is 10.2. The Morgan fingerprint density at radius 2 is 1.97 bits per heavy atom. The third kappa shape index (κ3) is 6.44. The number of rotatable bonds is 7. The highest BCUT2D eigenvalue weighted by Gasteiger charge is 2.17. The second kappa shape index (κ2) is 10.2. The van der Waals surface area contributed by atoms with Gasteiger partial charge in [0.1, 0.15) is 18.1 Å². The number of para-hydroxylation sites is 2. The number of ether oxygens (including phenoxy) is 3. The van der Waals surface area contributed by atoms with Crippen molar-refractivity contribution in [3.8, 4) is 11.5 Å². The van der Waals surface area contributed by atoms with Gasteiger partial charge in [0, 0.05) is 12.2 Å². The average Bonchev–Trinajstić information content (AvgIpc) is 3.21. The lowest BCUT2D eigenvalue weighted by molar-refractivity contribution is 0.0682. The van der Waals surface area contributed by atoms with E-state index in [0.29, 0.717) is 23.6 Å². The fraction of sp³-hybridized carbons (Fsp3) is 0.364. The van der Waals surface area contributed by atoms with Crippen molar-refractivity contribution in [3.05, 3.63) is 54.1 Å². The van der Waals surface area contributed by atoms with Gasteiger partial charge in [0.05, 0.1) is 17.9 Å². The number of hydrogen-bond acceptors (Lipinski definition) is 5. The molecule has 2 aromatic carbocycles. The molecule has 0 radical (unpaired) electrons. The number of benzene rings is 2. The molecular formula is C22H26N2O4S. The Kier molecular flexibility index (Phi) is 7.43. The summed E-state index contributed by atoms with van der Waals surface area (Å²) in [7, 11) is 0. The fourth-order valence-corrected chi connectivity index (χ4v) is 3.14. The van der Waals surface area contributed by atoms with Gasteiger partial charge in [-0.1, -0.05) is 12.1 Å². The molecular weight excluding hydrogens is 388 g/mol. The number of carbonyl (C=O) groups excluding carboxylic acids is 1. The second-order valence-electron chi connectivity index (χ2n) is 7.04. The molecule has 6 nitrogen and oxygen atoms in total. The van der Waals surface area contributed by atoms with Crippen LogP contribution < -0.4 is 20.1 Å². The lowest BCUT2D eigenvalue weighted by Gasteiger charge is -2.16. The molecule has 1 aliphatic heterocycles. The molecule has 1 heterocycles. The molecule has 1 fully saturated rings. The van der Waals surface area contributed by atoms with E-state index in [1.165, 1.54) is 0 Å². The first-order valence-corrected chi connectivity index (χ1v) is 10.1. The Hall–Kier alpha value is -2.64. The van der Waals surface area contributed by atoms with Crippen molar-refractivity contribution in [2.75, 3.05) is 18.5 Å². The van der Waals surface area contributed by atoms with E-state index in [1.807, 2.05) is 38.1 Å². The van der Waals surface area contributed by atoms with Gasteiger partial charge in [-0.25, -0.2) is 0 Å². The van der Waals surface area contributed by atoms with E-state index < -0.39 is 0 Å². The summed E-state index contributed by atoms with van der Waals surface area (Å²) >= 11 is 5.30. The Bertz CT molecular complexity index is 833. The molecule has 2 N–H and O–H groups in total. The first kappa shape index (κ1) is 21.1. The topological polar surface area (TPSA) is 68.8 Å². The normalized spacial score (nSPS) is 15.8. The highest BCUT2D eigenvalue weighted by molar-refractivity contribution is 7.80. The zero-order valence-electron chi connectivity index (χ0n) is 16.6. The van der Waals surface area contributed by atoms with E-state index in [0.717, 1.165) is 25.2 Å². The van der Waals surface area contributed by atoms with E-state index in [9.17, 15) is 4.79 Å². The molecule has 0 spiro atoms. The third-order valence-electron chi connectivity index (χ3n) is 4.30. The zero-order chi connectivity index (χ0) is 20.6. The highest BCUT2D eigenvalue weighted by Crippen LogP contribution is 2.25. The van der Waals surface area contributed by atoms with Crippen LogP contribution in [0.4, 0.5) is 5.69 Å². The van der Waals surface area contributed by atoms with Crippen LogP contribution in [0.3, 0.4) is 0 Å². The van der Waals surface area contributed by atoms with Gasteiger partial charge in [0.25, 0.3) is 5.91 Å². The SMILES string of the molecule is CC(C)Oc1ccc(C(=O)NC(=S)Nc2ccccc2OCC2CCCO2)cc1. The maximum Gasteiger partial charge on any atom is 0.257 e. The van der Waals surface area contributed by atoms with Crippen LogP contribution in [0, 0.1) is 0 Å². The molecule has 1 amide bonds. The van der Waals surface area contributed by atoms with Crippen LogP contribution in [-0.4, -0.2) is 36.4 Å². The van der Waals surface area contributed by atoms with Gasteiger partial charge in [-0.15, -0.1) is 0 Å². The van der Waals surface area contributed by atoms with E-state index in [2.05, 4.69) is 10.6 Å². The molecule has 3 rings (SSSR count). The van der Waals surface area contributed by atoms with E-state index in [-0.39, 0.29) is 23.2 Å². The van der Waals surface area contributed by atoms with Gasteiger partial charge in [-0.3, -0.25) is 10.1 Å². The van der Waals surface area contributed by atoms with Crippen molar-refractivity contribution in [1.29, 1.82) is 0 Å². The van der Waals surface area contributed by atoms with Crippen LogP contribution >= 0.6 is 12.2 Å². The van der Waals surface area contributed by atoms with Crippen LogP contribution in [-0.2, 0) is 4.74 Å². The second-order valence-corrected chi connectivity index (χ2v) is 7.45. The molecule has 0 aliphatic carbocycles. The quantitative estimate of drug-likeness (QED) is 0.663. The highest BCUT2D eigenvalue weighted by atomic mass is 32.1. The lowest BCUT2D eigenvalue weighted by Crippen LogP contribution is -2.34. The van der Waals surface area contributed by atoms with Gasteiger partial charge < -0.3 is 19.5 Å². The molecule has 0 saturated carbocycles. The van der Waals surface area contributed by atoms with Crippen molar-refractivity contribution >= 4 is 28.9 Å². The van der Waals surface area contributed by atoms with Crippen LogP contribution in [0.1, 0.15) is 37.0 Å². The Morgan fingerprint density at radius 1 is 1.21 bits per heavy atom. The van der Waals surface area contributed by atoms with Crippen molar-refractivity contribution in [1.82, 2.24) is 5.32 Å². The van der Waals surface area contributed by atoms with Gasteiger partial charge >= 0.3 is 0 Å². The van der Waals surface area contributed by atoms with Crippen LogP contribution in [0.25, 0.3) is 0 Å². The number of hydrogen-bond donors (Lipinski definition) is 2. The number of amides is 1. The monoisotopic (exact) mass is 414 g/mol. The Balaban J connectivity index is 1.55. The summed E-state index contributed by atoms with van der Waals surface area (Å²) in [4.78, 5) is 12.4. The number of thiocarbonyl (C=S) groups is 1. The van der Waals surface area contributed by atoms with Gasteiger partial charge in [0.2, 0.25) is 0 Å². The van der Waals surface area contributed by atoms with Gasteiger partial charge in [-0.05, 0) is 75.3 Å². The van der Waals surface area contributed by atoms with E-state index in [4.69, 9.17) is 26.4 Å². The Morgan fingerprint density at radius 3 is 2.66 bits per heavy atom. The molecule has 1 unspecified atom stereocenters. The average molecular weight is 415 g/mol. The van der Waals surface area contributed by atoms with Crippen molar-refractivity contribution in [2.45, 2.75) is 38.9 Å². The predicted molar refractivity (Wildman–Crippen MR) is 117 cm³/mol. The molecule has 0 aromatic heterocycles. The number of carbonyl (C=O) groups is 1. The minimum atomic E-state index is -0.295. The first-order valence-electron chi connectivity index (χ1n) is 9.74. The van der Waals surface area contributed by atoms with E-state index >= 15 is 0 Å². The third-order valence-corrected chi connectivity index (χ3v) is 4.50. The molecule has 2 aromatic rings. The molecule has 29 heavy (non-hydrogen) atoms. The summed E-state index contributed by atoms with van der Waals surface area (Å²) < 4.78 is 17.1. The summed E-state index contributed by atoms with van der Waals surface area (Å²) in [5.74, 6) is 1.08. The smallest absolute Gasteiger partial charge is 0.257 e. The molecule has 7 heteroatoms. The number of nitrogens with one attached hydrogen (secondary N) is 2. The molecule has 1 atom stereocenters. The minimum Gasteiger partial charge on any atom is -0.491 e. The maximum absolute atomic E-state index is 12.4. The predicted octanol–water partition coefficient (Wildman–Crippen LogP) is 4.16. The number of anilines is 1. The van der Waals surface area contributed by atoms with Crippen molar-refractivity contribution in [2.24, 2.45) is 0 Å². The van der Waals surface area contributed by atoms with Crippen molar-refractivity contribution in [3.63, 3.8) is 0 Å². The van der Waals surface area contributed by atoms with Gasteiger partial charge in [0.15, 0.2) is 5.11 Å². The Labute approximate surface area is 176 Å². The van der Waals surface area contributed by atoms with E-state index in [1.54, 1.807) is 24.3 Å². The molecule has 1 aliphatic rings. The summed E-state index contributed by atoms with van der Waals surface area (Å²) in [5.41, 5.74) is 1.18. The summed E-state index contributed by atoms with van der Waals surface area (Å²) in [5, 5.41) is 5.92. The molecule has 1 saturated heterocycles. The summed E-state index contributed by atoms with van der Waals surface area (Å²) in [6.07, 6.45) is 2.27. The van der Waals surface area contributed by atoms with Crippen LogP contribution in [0.15, 0.2) is 48.5 Å².